The molecule has 0 saturated heterocycles. The Bertz CT molecular complexity index is 867. The van der Waals surface area contributed by atoms with Gasteiger partial charge in [0, 0.05) is 12.0 Å². The van der Waals surface area contributed by atoms with Crippen LogP contribution in [-0.4, -0.2) is 32.0 Å². The molecule has 0 spiro atoms. The first kappa shape index (κ1) is 19.2. The van der Waals surface area contributed by atoms with Crippen molar-refractivity contribution < 1.29 is 9.21 Å². The molecule has 3 rings (SSSR count). The molecule has 1 amide bonds. The van der Waals surface area contributed by atoms with Gasteiger partial charge in [0.2, 0.25) is 5.91 Å². The molecule has 0 fully saturated rings. The molecule has 0 aliphatic rings. The van der Waals surface area contributed by atoms with Crippen molar-refractivity contribution in [3.63, 3.8) is 0 Å². The minimum atomic E-state index is -0.252. The maximum Gasteiger partial charge on any atom is 0.230 e. The Labute approximate surface area is 163 Å². The number of hydrogen-bond donors (Lipinski definition) is 1. The maximum absolute atomic E-state index is 12.2. The van der Waals surface area contributed by atoms with Gasteiger partial charge in [-0.2, -0.15) is 0 Å². The summed E-state index contributed by atoms with van der Waals surface area (Å²) in [4.78, 5) is 12.2. The maximum atomic E-state index is 12.2. The normalized spacial score (nSPS) is 11.5. The Hall–Kier alpha value is -2.54. The van der Waals surface area contributed by atoms with Crippen LogP contribution in [-0.2, 0) is 17.8 Å². The van der Waals surface area contributed by atoms with Gasteiger partial charge in [-0.3, -0.25) is 9.36 Å². The zero-order valence-corrected chi connectivity index (χ0v) is 16.6. The molecule has 0 saturated carbocycles. The molecule has 0 aliphatic heterocycles. The Morgan fingerprint density at radius 2 is 1.93 bits per heavy atom. The molecule has 0 bridgehead atoms. The lowest BCUT2D eigenvalue weighted by molar-refractivity contribution is -0.119. The van der Waals surface area contributed by atoms with Crippen LogP contribution >= 0.6 is 11.8 Å². The van der Waals surface area contributed by atoms with E-state index in [0.717, 1.165) is 17.1 Å². The van der Waals surface area contributed by atoms with Crippen LogP contribution in [0.25, 0.3) is 0 Å². The van der Waals surface area contributed by atoms with Crippen molar-refractivity contribution in [1.82, 2.24) is 20.1 Å². The summed E-state index contributed by atoms with van der Waals surface area (Å²) in [5.41, 5.74) is 0.908. The number of rotatable bonds is 7. The standard InChI is InChI=1S/C20H24N4O2S/c1-20(2,3)21-18(25)14-27-19-23-22-17(12-15-8-5-4-6-9-15)24(19)13-16-10-7-11-26-16/h4-11H,12-14H2,1-3H3,(H,21,25). The number of furan rings is 1. The number of aromatic nitrogens is 3. The molecule has 0 radical (unpaired) electrons. The molecule has 3 aromatic rings. The Morgan fingerprint density at radius 1 is 1.15 bits per heavy atom. The molecule has 142 valence electrons. The van der Waals surface area contributed by atoms with E-state index in [4.69, 9.17) is 4.42 Å². The topological polar surface area (TPSA) is 73.0 Å². The van der Waals surface area contributed by atoms with Gasteiger partial charge in [-0.1, -0.05) is 42.1 Å². The first-order valence-electron chi connectivity index (χ1n) is 8.83. The highest BCUT2D eigenvalue weighted by molar-refractivity contribution is 7.99. The number of thioether (sulfide) groups is 1. The lowest BCUT2D eigenvalue weighted by atomic mass is 10.1. The Balaban J connectivity index is 1.77. The monoisotopic (exact) mass is 384 g/mol. The minimum Gasteiger partial charge on any atom is -0.467 e. The molecular formula is C20H24N4O2S. The first-order valence-corrected chi connectivity index (χ1v) is 9.81. The van der Waals surface area contributed by atoms with Gasteiger partial charge in [-0.15, -0.1) is 10.2 Å². The summed E-state index contributed by atoms with van der Waals surface area (Å²) in [5.74, 6) is 1.94. The number of carbonyl (C=O) groups excluding carboxylic acids is 1. The van der Waals surface area contributed by atoms with Gasteiger partial charge in [0.1, 0.15) is 11.6 Å². The largest absolute Gasteiger partial charge is 0.467 e. The van der Waals surface area contributed by atoms with Crippen LogP contribution in [0.2, 0.25) is 0 Å². The lowest BCUT2D eigenvalue weighted by Gasteiger charge is -2.20. The number of amides is 1. The summed E-state index contributed by atoms with van der Waals surface area (Å²) in [5, 5.41) is 12.4. The molecule has 7 heteroatoms. The van der Waals surface area contributed by atoms with Gasteiger partial charge in [0.05, 0.1) is 18.6 Å². The quantitative estimate of drug-likeness (QED) is 0.631. The van der Waals surface area contributed by atoms with Crippen molar-refractivity contribution in [3.8, 4) is 0 Å². The van der Waals surface area contributed by atoms with E-state index in [1.807, 2.05) is 55.7 Å². The van der Waals surface area contributed by atoms with Crippen LogP contribution in [0.3, 0.4) is 0 Å². The Morgan fingerprint density at radius 3 is 2.59 bits per heavy atom. The van der Waals surface area contributed by atoms with Crippen molar-refractivity contribution in [2.45, 2.75) is 44.4 Å². The van der Waals surface area contributed by atoms with Gasteiger partial charge in [-0.05, 0) is 38.5 Å². The van der Waals surface area contributed by atoms with Gasteiger partial charge in [-0.25, -0.2) is 0 Å². The van der Waals surface area contributed by atoms with Crippen LogP contribution in [0.4, 0.5) is 0 Å². The number of benzene rings is 1. The summed E-state index contributed by atoms with van der Waals surface area (Å²) < 4.78 is 7.51. The number of nitrogens with zero attached hydrogens (tertiary/aromatic N) is 3. The van der Waals surface area contributed by atoms with Crippen molar-refractivity contribution in [2.75, 3.05) is 5.75 Å². The molecule has 2 heterocycles. The van der Waals surface area contributed by atoms with E-state index < -0.39 is 0 Å². The van der Waals surface area contributed by atoms with Gasteiger partial charge in [0.15, 0.2) is 5.16 Å². The van der Waals surface area contributed by atoms with Gasteiger partial charge < -0.3 is 9.73 Å². The summed E-state index contributed by atoms with van der Waals surface area (Å²) in [6, 6.07) is 13.9. The van der Waals surface area contributed by atoms with E-state index in [2.05, 4.69) is 27.6 Å². The van der Waals surface area contributed by atoms with Crippen LogP contribution in [0.1, 0.15) is 37.9 Å². The highest BCUT2D eigenvalue weighted by atomic mass is 32.2. The lowest BCUT2D eigenvalue weighted by Crippen LogP contribution is -2.41. The molecule has 1 aromatic carbocycles. The SMILES string of the molecule is CC(C)(C)NC(=O)CSc1nnc(Cc2ccccc2)n1Cc1ccco1. The van der Waals surface area contributed by atoms with Crippen LogP contribution in [0, 0.1) is 0 Å². The van der Waals surface area contributed by atoms with Gasteiger partial charge >= 0.3 is 0 Å². The fourth-order valence-corrected chi connectivity index (χ4v) is 3.39. The minimum absolute atomic E-state index is 0.0235. The third-order valence-electron chi connectivity index (χ3n) is 3.74. The van der Waals surface area contributed by atoms with Crippen LogP contribution in [0.15, 0.2) is 58.3 Å². The van der Waals surface area contributed by atoms with E-state index in [1.54, 1.807) is 6.26 Å². The van der Waals surface area contributed by atoms with E-state index in [1.165, 1.54) is 11.8 Å². The first-order chi connectivity index (χ1) is 12.9. The second kappa shape index (κ2) is 8.43. The van der Waals surface area contributed by atoms with Crippen molar-refractivity contribution >= 4 is 17.7 Å². The molecule has 1 N–H and O–H groups in total. The zero-order valence-electron chi connectivity index (χ0n) is 15.8. The summed E-state index contributed by atoms with van der Waals surface area (Å²) in [6.07, 6.45) is 2.32. The summed E-state index contributed by atoms with van der Waals surface area (Å²) >= 11 is 1.38. The smallest absolute Gasteiger partial charge is 0.230 e. The number of hydrogen-bond acceptors (Lipinski definition) is 5. The van der Waals surface area contributed by atoms with Crippen LogP contribution in [0.5, 0.6) is 0 Å². The highest BCUT2D eigenvalue weighted by Gasteiger charge is 2.18. The fourth-order valence-electron chi connectivity index (χ4n) is 2.64. The van der Waals surface area contributed by atoms with E-state index in [0.29, 0.717) is 23.9 Å². The third kappa shape index (κ3) is 5.72. The number of carbonyl (C=O) groups is 1. The second-order valence-electron chi connectivity index (χ2n) is 7.31. The van der Waals surface area contributed by atoms with E-state index >= 15 is 0 Å². The highest BCUT2D eigenvalue weighted by Crippen LogP contribution is 2.21. The van der Waals surface area contributed by atoms with Crippen molar-refractivity contribution in [3.05, 3.63) is 65.9 Å². The Kier molecular flexibility index (Phi) is 6.01. The van der Waals surface area contributed by atoms with E-state index in [-0.39, 0.29) is 11.4 Å². The molecule has 6 nitrogen and oxygen atoms in total. The molecule has 2 aromatic heterocycles. The predicted octanol–water partition coefficient (Wildman–Crippen LogP) is 3.52. The molecule has 0 unspecified atom stereocenters. The zero-order chi connectivity index (χ0) is 19.3. The summed E-state index contributed by atoms with van der Waals surface area (Å²) in [6.45, 7) is 6.43. The summed E-state index contributed by atoms with van der Waals surface area (Å²) in [7, 11) is 0. The molecule has 0 aliphatic carbocycles. The molecule has 27 heavy (non-hydrogen) atoms. The van der Waals surface area contributed by atoms with Crippen LogP contribution < -0.4 is 5.32 Å². The average molecular weight is 385 g/mol. The second-order valence-corrected chi connectivity index (χ2v) is 8.26. The van der Waals surface area contributed by atoms with Crippen molar-refractivity contribution in [1.29, 1.82) is 0 Å². The number of nitrogens with one attached hydrogen (secondary N) is 1. The predicted molar refractivity (Wildman–Crippen MR) is 106 cm³/mol. The fraction of sp³-hybridized carbons (Fsp3) is 0.350. The molecular weight excluding hydrogens is 360 g/mol. The molecule has 0 atom stereocenters. The van der Waals surface area contributed by atoms with Gasteiger partial charge in [0.25, 0.3) is 0 Å². The average Bonchev–Trinajstić information content (AvgIpc) is 3.24. The van der Waals surface area contributed by atoms with E-state index in [9.17, 15) is 4.79 Å². The third-order valence-corrected chi connectivity index (χ3v) is 4.71. The van der Waals surface area contributed by atoms with Crippen molar-refractivity contribution in [2.24, 2.45) is 0 Å².